The van der Waals surface area contributed by atoms with Gasteiger partial charge >= 0.3 is 0 Å². The van der Waals surface area contributed by atoms with Crippen molar-refractivity contribution in [3.8, 4) is 34.2 Å². The van der Waals surface area contributed by atoms with Crippen LogP contribution in [0.25, 0.3) is 22.4 Å². The van der Waals surface area contributed by atoms with Crippen molar-refractivity contribution in [2.75, 3.05) is 51.5 Å². The predicted molar refractivity (Wildman–Crippen MR) is 215 cm³/mol. The van der Waals surface area contributed by atoms with Crippen LogP contribution in [0.5, 0.6) is 0 Å². The molecule has 4 N–H and O–H groups in total. The third-order valence-electron chi connectivity index (χ3n) is 10.8. The van der Waals surface area contributed by atoms with Crippen molar-refractivity contribution in [3.05, 3.63) is 112 Å². The molecule has 7 nitrogen and oxygen atoms in total. The van der Waals surface area contributed by atoms with Crippen LogP contribution < -0.4 is 15.8 Å². The fourth-order valence-electron chi connectivity index (χ4n) is 7.17. The average Bonchev–Trinajstić information content (AvgIpc) is 3.39. The SMILES string of the molecule is CN[C@@]1(C)CCC(S(=O)Nc2ccc(C#Cc3cccc(-c4c(CCCN5CCN(C)CC5)c(C)n(C)c4-c4ccc(Cl)cc4)c3)cc2)C=C1N. The second-order valence-corrected chi connectivity index (χ2v) is 16.0. The van der Waals surface area contributed by atoms with E-state index in [4.69, 9.17) is 17.3 Å². The molecule has 4 aromatic rings. The Hall–Kier alpha value is -3.84. The van der Waals surface area contributed by atoms with Gasteiger partial charge in [0.15, 0.2) is 0 Å². The van der Waals surface area contributed by atoms with Crippen LogP contribution in [0.4, 0.5) is 5.69 Å². The van der Waals surface area contributed by atoms with Gasteiger partial charge in [0, 0.05) is 72.0 Å². The number of aromatic nitrogens is 1. The molecule has 3 aromatic carbocycles. The Morgan fingerprint density at radius 2 is 1.67 bits per heavy atom. The number of nitrogens with zero attached hydrogens (tertiary/aromatic N) is 3. The number of rotatable bonds is 10. The Kier molecular flexibility index (Phi) is 11.8. The van der Waals surface area contributed by atoms with Crippen molar-refractivity contribution in [2.24, 2.45) is 12.8 Å². The van der Waals surface area contributed by atoms with Crippen molar-refractivity contribution in [1.29, 1.82) is 0 Å². The molecule has 1 saturated heterocycles. The van der Waals surface area contributed by atoms with E-state index in [2.05, 4.69) is 101 Å². The average molecular weight is 723 g/mol. The molecule has 0 spiro atoms. The molecule has 268 valence electrons. The molecular formula is C42H51ClN6OS. The summed E-state index contributed by atoms with van der Waals surface area (Å²) in [7, 11) is 5.01. The largest absolute Gasteiger partial charge is 0.401 e. The summed E-state index contributed by atoms with van der Waals surface area (Å²) in [5, 5.41) is 3.88. The first-order valence-electron chi connectivity index (χ1n) is 18.0. The van der Waals surface area contributed by atoms with Crippen LogP contribution in [0, 0.1) is 18.8 Å². The maximum atomic E-state index is 13.1. The lowest BCUT2D eigenvalue weighted by Gasteiger charge is -2.35. The van der Waals surface area contributed by atoms with Gasteiger partial charge in [0.2, 0.25) is 0 Å². The molecule has 51 heavy (non-hydrogen) atoms. The molecule has 1 aliphatic carbocycles. The van der Waals surface area contributed by atoms with Crippen molar-refractivity contribution < 1.29 is 4.21 Å². The van der Waals surface area contributed by atoms with E-state index in [0.29, 0.717) is 0 Å². The molecular weight excluding hydrogens is 672 g/mol. The first kappa shape index (κ1) is 36.9. The summed E-state index contributed by atoms with van der Waals surface area (Å²) < 4.78 is 18.6. The summed E-state index contributed by atoms with van der Waals surface area (Å²) in [6.07, 6.45) is 5.69. The van der Waals surface area contributed by atoms with Crippen LogP contribution in [0.2, 0.25) is 5.02 Å². The number of piperazine rings is 1. The highest BCUT2D eigenvalue weighted by molar-refractivity contribution is 7.87. The number of nitrogens with two attached hydrogens (primary N) is 1. The number of likely N-dealkylation sites (N-methyl/N-ethyl adjacent to an activating group) is 2. The first-order chi connectivity index (χ1) is 24.5. The molecule has 0 amide bonds. The van der Waals surface area contributed by atoms with Gasteiger partial charge in [-0.15, -0.1) is 0 Å². The predicted octanol–water partition coefficient (Wildman–Crippen LogP) is 6.96. The van der Waals surface area contributed by atoms with Gasteiger partial charge in [0.1, 0.15) is 11.0 Å². The summed E-state index contributed by atoms with van der Waals surface area (Å²) in [5.41, 5.74) is 16.9. The molecule has 1 aliphatic heterocycles. The van der Waals surface area contributed by atoms with Crippen molar-refractivity contribution >= 4 is 28.3 Å². The van der Waals surface area contributed by atoms with E-state index in [1.165, 1.54) is 28.1 Å². The maximum Gasteiger partial charge on any atom is 0.124 e. The minimum absolute atomic E-state index is 0.135. The molecule has 2 heterocycles. The third kappa shape index (κ3) is 8.63. The second-order valence-electron chi connectivity index (χ2n) is 14.2. The molecule has 6 rings (SSSR count). The van der Waals surface area contributed by atoms with Gasteiger partial charge < -0.3 is 30.1 Å². The molecule has 3 atom stereocenters. The molecule has 2 unspecified atom stereocenters. The summed E-state index contributed by atoms with van der Waals surface area (Å²) in [5.74, 6) is 6.75. The lowest BCUT2D eigenvalue weighted by molar-refractivity contribution is 0.153. The highest BCUT2D eigenvalue weighted by atomic mass is 35.5. The molecule has 0 saturated carbocycles. The Morgan fingerprint density at radius 1 is 0.961 bits per heavy atom. The van der Waals surface area contributed by atoms with Crippen LogP contribution in [0.15, 0.2) is 84.6 Å². The van der Waals surface area contributed by atoms with Gasteiger partial charge in [-0.3, -0.25) is 0 Å². The van der Waals surface area contributed by atoms with Gasteiger partial charge in [-0.1, -0.05) is 47.7 Å². The maximum absolute atomic E-state index is 13.1. The number of hydrogen-bond acceptors (Lipinski definition) is 5. The molecule has 0 bridgehead atoms. The molecule has 1 fully saturated rings. The zero-order valence-electron chi connectivity index (χ0n) is 30.6. The normalized spacial score (nSPS) is 20.4. The van der Waals surface area contributed by atoms with E-state index >= 15 is 0 Å². The van der Waals surface area contributed by atoms with Crippen LogP contribution in [-0.4, -0.2) is 76.2 Å². The minimum atomic E-state index is -1.28. The van der Waals surface area contributed by atoms with Crippen molar-refractivity contribution in [2.45, 2.75) is 50.3 Å². The Labute approximate surface area is 311 Å². The van der Waals surface area contributed by atoms with E-state index in [1.54, 1.807) is 0 Å². The van der Waals surface area contributed by atoms with E-state index in [-0.39, 0.29) is 10.8 Å². The Morgan fingerprint density at radius 3 is 2.35 bits per heavy atom. The summed E-state index contributed by atoms with van der Waals surface area (Å²) in [6, 6.07) is 24.6. The van der Waals surface area contributed by atoms with E-state index in [0.717, 1.165) is 91.5 Å². The number of halogens is 1. The van der Waals surface area contributed by atoms with Gasteiger partial charge in [0.05, 0.1) is 16.5 Å². The molecule has 2 aliphatic rings. The van der Waals surface area contributed by atoms with Gasteiger partial charge in [-0.25, -0.2) is 4.21 Å². The quantitative estimate of drug-likeness (QED) is 0.154. The summed E-state index contributed by atoms with van der Waals surface area (Å²) in [4.78, 5) is 5.01. The van der Waals surface area contributed by atoms with Crippen LogP contribution >= 0.6 is 11.6 Å². The highest BCUT2D eigenvalue weighted by Crippen LogP contribution is 2.40. The molecule has 9 heteroatoms. The zero-order chi connectivity index (χ0) is 36.1. The zero-order valence-corrected chi connectivity index (χ0v) is 32.1. The fraction of sp³-hybridized carbons (Fsp3) is 0.381. The minimum Gasteiger partial charge on any atom is -0.401 e. The monoisotopic (exact) mass is 722 g/mol. The topological polar surface area (TPSA) is 78.6 Å². The lowest BCUT2D eigenvalue weighted by Crippen LogP contribution is -2.48. The van der Waals surface area contributed by atoms with Crippen LogP contribution in [-0.2, 0) is 24.5 Å². The van der Waals surface area contributed by atoms with Gasteiger partial charge in [-0.05, 0) is 131 Å². The van der Waals surface area contributed by atoms with E-state index < -0.39 is 11.0 Å². The highest BCUT2D eigenvalue weighted by Gasteiger charge is 2.33. The summed E-state index contributed by atoms with van der Waals surface area (Å²) in [6.45, 7) is 9.97. The summed E-state index contributed by atoms with van der Waals surface area (Å²) >= 11 is 6.32. The van der Waals surface area contributed by atoms with Gasteiger partial charge in [-0.2, -0.15) is 0 Å². The van der Waals surface area contributed by atoms with Crippen molar-refractivity contribution in [3.63, 3.8) is 0 Å². The van der Waals surface area contributed by atoms with E-state index in [9.17, 15) is 4.21 Å². The number of hydrogen-bond donors (Lipinski definition) is 3. The molecule has 0 radical (unpaired) electrons. The van der Waals surface area contributed by atoms with E-state index in [1.807, 2.05) is 49.5 Å². The second kappa shape index (κ2) is 16.2. The lowest BCUT2D eigenvalue weighted by atomic mass is 9.86. The van der Waals surface area contributed by atoms with Crippen molar-refractivity contribution in [1.82, 2.24) is 19.7 Å². The molecule has 1 aromatic heterocycles. The smallest absolute Gasteiger partial charge is 0.124 e. The third-order valence-corrected chi connectivity index (χ3v) is 12.4. The fourth-order valence-corrected chi connectivity index (χ4v) is 8.41. The van der Waals surface area contributed by atoms with Gasteiger partial charge in [0.25, 0.3) is 0 Å². The number of nitrogens with one attached hydrogen (secondary N) is 2. The number of anilines is 1. The standard InChI is InChI=1S/C42H51ClN6OS/c1-30-38(10-7-23-49-26-24-47(4)25-27-49)40(41(48(30)5)33-15-17-35(43)18-16-33)34-9-6-8-32(28-34)12-11-31-13-19-36(20-14-31)46-51(50)37-21-22-42(2,45-3)39(44)29-37/h6,8-9,13-20,28-29,37,45-46H,7,10,21-27,44H2,1-5H3/t37?,42-,51?/m0/s1. The Balaban J connectivity index is 1.21. The van der Waals surface area contributed by atoms with Crippen LogP contribution in [0.3, 0.4) is 0 Å². The Bertz CT molecular complexity index is 1950. The van der Waals surface area contributed by atoms with Crippen LogP contribution in [0.1, 0.15) is 48.6 Å². The number of benzene rings is 3. The first-order valence-corrected chi connectivity index (χ1v) is 19.5.